The van der Waals surface area contributed by atoms with Crippen LogP contribution in [-0.4, -0.2) is 58.9 Å². The maximum absolute atomic E-state index is 17.5. The number of rotatable bonds is 9. The fourth-order valence-corrected chi connectivity index (χ4v) is 10.3. The number of ketones is 1. The highest BCUT2D eigenvalue weighted by Crippen LogP contribution is 2.72. The fraction of sp³-hybridized carbons (Fsp3) is 0.778. The summed E-state index contributed by atoms with van der Waals surface area (Å²) < 4.78 is 76.9. The summed E-state index contributed by atoms with van der Waals surface area (Å²) in [6, 6.07) is -1.04. The summed E-state index contributed by atoms with van der Waals surface area (Å²) in [5.41, 5.74) is -6.88. The quantitative estimate of drug-likeness (QED) is 0.322. The molecule has 4 rings (SSSR count). The molecule has 220 valence electrons. The summed E-state index contributed by atoms with van der Waals surface area (Å²) in [7, 11) is -3.80. The molecule has 12 heteroatoms. The molecule has 8 atom stereocenters. The van der Waals surface area contributed by atoms with E-state index in [4.69, 9.17) is 13.8 Å². The smallest absolute Gasteiger partial charge is 0.356 e. The van der Waals surface area contributed by atoms with Crippen LogP contribution in [0.4, 0.5) is 13.2 Å². The van der Waals surface area contributed by atoms with Crippen LogP contribution in [-0.2, 0) is 27.9 Å². The van der Waals surface area contributed by atoms with Crippen LogP contribution >= 0.6 is 19.4 Å². The van der Waals surface area contributed by atoms with Gasteiger partial charge in [-0.15, -0.1) is 0 Å². The van der Waals surface area contributed by atoms with E-state index in [1.807, 2.05) is 0 Å². The Labute approximate surface area is 231 Å². The number of fused-ring (bicyclic) bond motifs is 5. The lowest BCUT2D eigenvalue weighted by Crippen LogP contribution is -2.69. The maximum Gasteiger partial charge on any atom is 0.356 e. The second-order valence-corrected chi connectivity index (χ2v) is 14.4. The van der Waals surface area contributed by atoms with Crippen molar-refractivity contribution >= 4 is 30.3 Å². The standard InChI is InChI=1S/C27H38F3O7PS/c1-6-36-38(34,37-7-2)15-35-27(23(33)39-14-28)16(3)10-18-19-12-21(29)20-11-17(31)8-9-24(20,4)26(19,30)22(32)13-25(18,27)5/h8-9,16,18-19,22,32H,6-7,10-15H2,1-5H3/t16-,18+,19+,22+,24+,25+,26+,27+/m1/s1. The van der Waals surface area contributed by atoms with Gasteiger partial charge in [0.1, 0.15) is 23.8 Å². The number of carbonyl (C=O) groups is 2. The third-order valence-electron chi connectivity index (χ3n) is 9.79. The first-order valence-electron chi connectivity index (χ1n) is 13.4. The van der Waals surface area contributed by atoms with E-state index >= 15 is 8.78 Å². The van der Waals surface area contributed by atoms with E-state index in [-0.39, 0.29) is 50.3 Å². The number of aliphatic hydroxyl groups is 1. The van der Waals surface area contributed by atoms with E-state index in [0.717, 1.165) is 0 Å². The maximum atomic E-state index is 17.5. The molecule has 0 heterocycles. The van der Waals surface area contributed by atoms with Crippen molar-refractivity contribution in [3.63, 3.8) is 0 Å². The highest BCUT2D eigenvalue weighted by Gasteiger charge is 2.77. The van der Waals surface area contributed by atoms with Crippen molar-refractivity contribution in [1.82, 2.24) is 0 Å². The van der Waals surface area contributed by atoms with Crippen LogP contribution in [0.1, 0.15) is 60.3 Å². The van der Waals surface area contributed by atoms with Crippen LogP contribution < -0.4 is 0 Å². The summed E-state index contributed by atoms with van der Waals surface area (Å²) in [6.07, 6.45) is -0.265. The van der Waals surface area contributed by atoms with Gasteiger partial charge in [0.25, 0.3) is 0 Å². The molecule has 2 saturated carbocycles. The number of aliphatic hydroxyl groups excluding tert-OH is 1. The first-order valence-corrected chi connectivity index (χ1v) is 16.1. The molecule has 0 aromatic rings. The minimum absolute atomic E-state index is 0.0448. The van der Waals surface area contributed by atoms with Gasteiger partial charge in [-0.25, -0.2) is 13.2 Å². The van der Waals surface area contributed by atoms with Gasteiger partial charge in [-0.3, -0.25) is 14.2 Å². The Morgan fingerprint density at radius 2 is 1.87 bits per heavy atom. The van der Waals surface area contributed by atoms with Crippen LogP contribution in [0.3, 0.4) is 0 Å². The molecule has 0 aliphatic heterocycles. The minimum atomic E-state index is -3.80. The average Bonchev–Trinajstić information content (AvgIpc) is 3.08. The van der Waals surface area contributed by atoms with Crippen molar-refractivity contribution in [3.8, 4) is 0 Å². The summed E-state index contributed by atoms with van der Waals surface area (Å²) in [4.78, 5) is 25.8. The fourth-order valence-electron chi connectivity index (χ4n) is 8.14. The van der Waals surface area contributed by atoms with Crippen LogP contribution in [0.2, 0.25) is 0 Å². The average molecular weight is 595 g/mol. The number of alkyl halides is 2. The number of carbonyl (C=O) groups excluding carboxylic acids is 2. The molecule has 0 saturated heterocycles. The molecule has 0 spiro atoms. The lowest BCUT2D eigenvalue weighted by atomic mass is 9.45. The monoisotopic (exact) mass is 594 g/mol. The predicted molar refractivity (Wildman–Crippen MR) is 141 cm³/mol. The predicted octanol–water partition coefficient (Wildman–Crippen LogP) is 6.07. The van der Waals surface area contributed by atoms with Gasteiger partial charge in [-0.1, -0.05) is 31.7 Å². The number of thioether (sulfide) groups is 1. The number of hydrogen-bond donors (Lipinski definition) is 1. The van der Waals surface area contributed by atoms with Crippen LogP contribution in [0.25, 0.3) is 0 Å². The summed E-state index contributed by atoms with van der Waals surface area (Å²) >= 11 is 0.401. The van der Waals surface area contributed by atoms with Crippen LogP contribution in [0, 0.1) is 28.6 Å². The Kier molecular flexibility index (Phi) is 8.50. The van der Waals surface area contributed by atoms with Gasteiger partial charge in [-0.2, -0.15) is 0 Å². The van der Waals surface area contributed by atoms with Crippen molar-refractivity contribution in [2.24, 2.45) is 28.6 Å². The van der Waals surface area contributed by atoms with Crippen molar-refractivity contribution in [2.45, 2.75) is 77.7 Å². The van der Waals surface area contributed by atoms with Gasteiger partial charge < -0.3 is 18.9 Å². The van der Waals surface area contributed by atoms with Crippen molar-refractivity contribution in [1.29, 1.82) is 0 Å². The third-order valence-corrected chi connectivity index (χ3v) is 12.2. The topological polar surface area (TPSA) is 99.1 Å². The largest absolute Gasteiger partial charge is 0.390 e. The number of halogens is 3. The summed E-state index contributed by atoms with van der Waals surface area (Å²) in [6.45, 7) is 8.30. The molecule has 0 bridgehead atoms. The Balaban J connectivity index is 1.83. The molecular formula is C27H38F3O7PS. The van der Waals surface area contributed by atoms with E-state index in [1.54, 1.807) is 27.7 Å². The van der Waals surface area contributed by atoms with E-state index in [2.05, 4.69) is 0 Å². The molecule has 4 aliphatic rings. The highest BCUT2D eigenvalue weighted by atomic mass is 32.2. The second kappa shape index (κ2) is 10.7. The third kappa shape index (κ3) is 4.36. The molecule has 0 amide bonds. The molecule has 1 N–H and O–H groups in total. The summed E-state index contributed by atoms with van der Waals surface area (Å²) in [5.74, 6) is -3.25. The van der Waals surface area contributed by atoms with Crippen molar-refractivity contribution in [2.75, 3.05) is 25.6 Å². The molecule has 7 nitrogen and oxygen atoms in total. The zero-order chi connectivity index (χ0) is 29.0. The molecule has 0 radical (unpaired) electrons. The van der Waals surface area contributed by atoms with Gasteiger partial charge in [0.05, 0.1) is 19.3 Å². The Hall–Kier alpha value is -0.970. The van der Waals surface area contributed by atoms with Gasteiger partial charge in [0, 0.05) is 29.6 Å². The highest BCUT2D eigenvalue weighted by molar-refractivity contribution is 8.13. The van der Waals surface area contributed by atoms with E-state index < -0.39 is 76.8 Å². The van der Waals surface area contributed by atoms with E-state index in [9.17, 15) is 23.7 Å². The van der Waals surface area contributed by atoms with Crippen LogP contribution in [0.5, 0.6) is 0 Å². The van der Waals surface area contributed by atoms with Gasteiger partial charge >= 0.3 is 7.60 Å². The van der Waals surface area contributed by atoms with Crippen molar-refractivity contribution in [3.05, 3.63) is 23.6 Å². The van der Waals surface area contributed by atoms with Gasteiger partial charge in [-0.05, 0) is 57.1 Å². The number of allylic oxidation sites excluding steroid dienone is 4. The Bertz CT molecular complexity index is 1120. The molecule has 0 aromatic carbocycles. The molecule has 2 fully saturated rings. The minimum Gasteiger partial charge on any atom is -0.390 e. The lowest BCUT2D eigenvalue weighted by molar-refractivity contribution is -0.220. The first kappa shape index (κ1) is 31.0. The van der Waals surface area contributed by atoms with E-state index in [1.165, 1.54) is 19.1 Å². The summed E-state index contributed by atoms with van der Waals surface area (Å²) in [5, 5.41) is 10.9. The first-order chi connectivity index (χ1) is 18.2. The number of hydrogen-bond acceptors (Lipinski definition) is 8. The molecule has 0 aromatic heterocycles. The molecule has 4 aliphatic carbocycles. The number of ether oxygens (including phenoxy) is 1. The van der Waals surface area contributed by atoms with Gasteiger partial charge in [0.15, 0.2) is 11.5 Å². The van der Waals surface area contributed by atoms with Crippen LogP contribution in [0.15, 0.2) is 23.6 Å². The molecule has 39 heavy (non-hydrogen) atoms. The van der Waals surface area contributed by atoms with Gasteiger partial charge in [0.2, 0.25) is 5.12 Å². The van der Waals surface area contributed by atoms with E-state index in [0.29, 0.717) is 11.8 Å². The zero-order valence-corrected chi connectivity index (χ0v) is 24.7. The zero-order valence-electron chi connectivity index (χ0n) is 23.0. The SMILES string of the molecule is CCOP(=O)(CO[C@]1(C(=O)SCF)[C@H](C)C[C@H]2[C@@H]3CC(F)=C4CC(=O)C=C[C@]4(C)[C@@]3(F)[C@@H](O)C[C@@]21C)OCC. The Morgan fingerprint density at radius 1 is 1.23 bits per heavy atom. The van der Waals surface area contributed by atoms with Crippen molar-refractivity contribution < 1.29 is 46.2 Å². The molecule has 0 unspecified atom stereocenters. The Morgan fingerprint density at radius 3 is 2.46 bits per heavy atom. The molecular weight excluding hydrogens is 556 g/mol. The second-order valence-electron chi connectivity index (χ2n) is 11.5. The lowest BCUT2D eigenvalue weighted by Gasteiger charge is -2.62. The normalized spacial score (nSPS) is 41.8.